The molecule has 0 bridgehead atoms. The van der Waals surface area contributed by atoms with Gasteiger partial charge < -0.3 is 14.2 Å². The van der Waals surface area contributed by atoms with E-state index in [9.17, 15) is 9.18 Å². The molecule has 6 nitrogen and oxygen atoms in total. The van der Waals surface area contributed by atoms with Crippen LogP contribution in [0.15, 0.2) is 53.7 Å². The van der Waals surface area contributed by atoms with Crippen LogP contribution in [0.2, 0.25) is 0 Å². The van der Waals surface area contributed by atoms with Crippen molar-refractivity contribution in [2.24, 2.45) is 0 Å². The highest BCUT2D eigenvalue weighted by Gasteiger charge is 2.17. The van der Waals surface area contributed by atoms with Gasteiger partial charge in [0.1, 0.15) is 18.2 Å². The van der Waals surface area contributed by atoms with E-state index in [1.807, 2.05) is 42.7 Å². The zero-order chi connectivity index (χ0) is 21.5. The van der Waals surface area contributed by atoms with E-state index in [2.05, 4.69) is 10.2 Å². The van der Waals surface area contributed by atoms with Crippen LogP contribution in [0.4, 0.5) is 4.39 Å². The second-order valence-electron chi connectivity index (χ2n) is 6.77. The Morgan fingerprint density at radius 3 is 2.60 bits per heavy atom. The maximum atomic E-state index is 12.9. The van der Waals surface area contributed by atoms with Gasteiger partial charge in [0.05, 0.1) is 12.3 Å². The third kappa shape index (κ3) is 5.38. The molecule has 0 radical (unpaired) electrons. The number of benzene rings is 2. The van der Waals surface area contributed by atoms with Crippen LogP contribution in [0.5, 0.6) is 5.75 Å². The minimum atomic E-state index is -0.308. The van der Waals surface area contributed by atoms with Crippen LogP contribution in [0.1, 0.15) is 12.5 Å². The van der Waals surface area contributed by atoms with Crippen LogP contribution in [0.3, 0.4) is 0 Å². The van der Waals surface area contributed by atoms with Crippen LogP contribution in [0, 0.1) is 12.7 Å². The molecule has 1 aromatic heterocycles. The number of thioether (sulfide) groups is 1. The summed E-state index contributed by atoms with van der Waals surface area (Å²) in [4.78, 5) is 14.1. The molecule has 0 saturated heterocycles. The lowest BCUT2D eigenvalue weighted by atomic mass is 10.1. The lowest BCUT2D eigenvalue weighted by Crippen LogP contribution is -2.32. The molecule has 0 spiro atoms. The van der Waals surface area contributed by atoms with Gasteiger partial charge in [0.2, 0.25) is 5.91 Å². The standard InChI is InChI=1S/C22H25FN4O2S/c1-4-27-21(19-8-6-5-7-16(19)2)24-25-22(27)30-15-20(28)26(3)13-14-29-18-11-9-17(23)10-12-18/h5-12H,4,13-15H2,1-3H3. The van der Waals surface area contributed by atoms with E-state index in [0.29, 0.717) is 25.4 Å². The number of carbonyl (C=O) groups is 1. The quantitative estimate of drug-likeness (QED) is 0.482. The van der Waals surface area contributed by atoms with Gasteiger partial charge in [-0.2, -0.15) is 0 Å². The van der Waals surface area contributed by atoms with Crippen molar-refractivity contribution in [1.29, 1.82) is 0 Å². The highest BCUT2D eigenvalue weighted by molar-refractivity contribution is 7.99. The van der Waals surface area contributed by atoms with E-state index in [-0.39, 0.29) is 17.5 Å². The molecule has 2 aromatic carbocycles. The Morgan fingerprint density at radius 2 is 1.90 bits per heavy atom. The number of halogens is 1. The summed E-state index contributed by atoms with van der Waals surface area (Å²) in [6, 6.07) is 13.9. The summed E-state index contributed by atoms with van der Waals surface area (Å²) >= 11 is 1.38. The van der Waals surface area contributed by atoms with Gasteiger partial charge in [-0.15, -0.1) is 10.2 Å². The predicted octanol–water partition coefficient (Wildman–Crippen LogP) is 4.04. The second kappa shape index (κ2) is 10.2. The molecule has 0 N–H and O–H groups in total. The fourth-order valence-electron chi connectivity index (χ4n) is 2.90. The molecule has 30 heavy (non-hydrogen) atoms. The van der Waals surface area contributed by atoms with Gasteiger partial charge in [0, 0.05) is 19.2 Å². The van der Waals surface area contributed by atoms with Crippen molar-refractivity contribution in [2.75, 3.05) is 26.0 Å². The summed E-state index contributed by atoms with van der Waals surface area (Å²) in [5.41, 5.74) is 2.17. The number of nitrogens with zero attached hydrogens (tertiary/aromatic N) is 4. The highest BCUT2D eigenvalue weighted by atomic mass is 32.2. The highest BCUT2D eigenvalue weighted by Crippen LogP contribution is 2.26. The lowest BCUT2D eigenvalue weighted by Gasteiger charge is -2.17. The number of aromatic nitrogens is 3. The molecule has 1 amide bonds. The van der Waals surface area contributed by atoms with E-state index >= 15 is 0 Å². The van der Waals surface area contributed by atoms with Crippen LogP contribution in [-0.2, 0) is 11.3 Å². The van der Waals surface area contributed by atoms with Crippen molar-refractivity contribution in [3.8, 4) is 17.1 Å². The van der Waals surface area contributed by atoms with Gasteiger partial charge in [-0.05, 0) is 43.7 Å². The summed E-state index contributed by atoms with van der Waals surface area (Å²) in [6.45, 7) is 5.57. The minimum absolute atomic E-state index is 0.0224. The molecule has 0 aliphatic rings. The fourth-order valence-corrected chi connectivity index (χ4v) is 3.84. The van der Waals surface area contributed by atoms with Crippen molar-refractivity contribution in [3.05, 3.63) is 59.9 Å². The first kappa shape index (κ1) is 21.8. The number of hydrogen-bond donors (Lipinski definition) is 0. The van der Waals surface area contributed by atoms with Gasteiger partial charge in [-0.3, -0.25) is 4.79 Å². The van der Waals surface area contributed by atoms with Crippen LogP contribution >= 0.6 is 11.8 Å². The van der Waals surface area contributed by atoms with Crippen molar-refractivity contribution >= 4 is 17.7 Å². The maximum Gasteiger partial charge on any atom is 0.232 e. The van der Waals surface area contributed by atoms with Gasteiger partial charge >= 0.3 is 0 Å². The van der Waals surface area contributed by atoms with Crippen LogP contribution < -0.4 is 4.74 Å². The summed E-state index contributed by atoms with van der Waals surface area (Å²) in [6.07, 6.45) is 0. The molecule has 3 rings (SSSR count). The first-order valence-electron chi connectivity index (χ1n) is 9.74. The summed E-state index contributed by atoms with van der Waals surface area (Å²) in [5.74, 6) is 1.32. The molecule has 158 valence electrons. The number of amides is 1. The number of ether oxygens (including phenoxy) is 1. The van der Waals surface area contributed by atoms with Crippen molar-refractivity contribution < 1.29 is 13.9 Å². The molecule has 0 aliphatic heterocycles. The third-order valence-electron chi connectivity index (χ3n) is 4.68. The molecule has 0 unspecified atom stereocenters. The third-order valence-corrected chi connectivity index (χ3v) is 5.63. The van der Waals surface area contributed by atoms with Gasteiger partial charge in [0.25, 0.3) is 0 Å². The smallest absolute Gasteiger partial charge is 0.232 e. The largest absolute Gasteiger partial charge is 0.492 e. The Kier molecular flexibility index (Phi) is 7.46. The number of rotatable bonds is 9. The molecule has 0 fully saturated rings. The molecule has 0 saturated carbocycles. The summed E-state index contributed by atoms with van der Waals surface area (Å²) in [7, 11) is 1.74. The summed E-state index contributed by atoms with van der Waals surface area (Å²) in [5, 5.41) is 9.37. The normalized spacial score (nSPS) is 10.8. The Morgan fingerprint density at radius 1 is 1.17 bits per heavy atom. The molecular weight excluding hydrogens is 403 g/mol. The number of aryl methyl sites for hydroxylation is 1. The molecular formula is C22H25FN4O2S. The molecule has 0 atom stereocenters. The minimum Gasteiger partial charge on any atom is -0.492 e. The SMILES string of the molecule is CCn1c(SCC(=O)N(C)CCOc2ccc(F)cc2)nnc1-c1ccccc1C. The maximum absolute atomic E-state index is 12.9. The van der Waals surface area contributed by atoms with Crippen molar-refractivity contribution in [3.63, 3.8) is 0 Å². The average molecular weight is 429 g/mol. The topological polar surface area (TPSA) is 60.2 Å². The van der Waals surface area contributed by atoms with Crippen LogP contribution in [0.25, 0.3) is 11.4 Å². The van der Waals surface area contributed by atoms with Gasteiger partial charge in [0.15, 0.2) is 11.0 Å². The molecule has 0 aliphatic carbocycles. The lowest BCUT2D eigenvalue weighted by molar-refractivity contribution is -0.127. The monoisotopic (exact) mass is 428 g/mol. The Labute approximate surface area is 180 Å². The molecule has 3 aromatic rings. The van der Waals surface area contributed by atoms with Crippen LogP contribution in [-0.4, -0.2) is 51.5 Å². The van der Waals surface area contributed by atoms with Gasteiger partial charge in [-0.25, -0.2) is 4.39 Å². The predicted molar refractivity (Wildman–Crippen MR) is 116 cm³/mol. The summed E-state index contributed by atoms with van der Waals surface area (Å²) < 4.78 is 20.5. The van der Waals surface area contributed by atoms with E-state index < -0.39 is 0 Å². The van der Waals surface area contributed by atoms with Gasteiger partial charge in [-0.1, -0.05) is 36.0 Å². The number of hydrogen-bond acceptors (Lipinski definition) is 5. The number of carbonyl (C=O) groups excluding carboxylic acids is 1. The molecule has 1 heterocycles. The Bertz CT molecular complexity index is 991. The number of likely N-dealkylation sites (N-methyl/N-ethyl adjacent to an activating group) is 1. The average Bonchev–Trinajstić information content (AvgIpc) is 3.16. The first-order valence-corrected chi connectivity index (χ1v) is 10.7. The Balaban J connectivity index is 1.54. The van der Waals surface area contributed by atoms with Crippen molar-refractivity contribution in [1.82, 2.24) is 19.7 Å². The van der Waals surface area contributed by atoms with Crippen molar-refractivity contribution in [2.45, 2.75) is 25.5 Å². The zero-order valence-electron chi connectivity index (χ0n) is 17.3. The molecule has 8 heteroatoms. The first-order chi connectivity index (χ1) is 14.5. The second-order valence-corrected chi connectivity index (χ2v) is 7.71. The van der Waals surface area contributed by atoms with E-state index in [0.717, 1.165) is 22.1 Å². The zero-order valence-corrected chi connectivity index (χ0v) is 18.2. The van der Waals surface area contributed by atoms with E-state index in [1.165, 1.54) is 23.9 Å². The Hall–Kier alpha value is -2.87. The fraction of sp³-hybridized carbons (Fsp3) is 0.318. The van der Waals surface area contributed by atoms with E-state index in [1.54, 1.807) is 24.1 Å². The van der Waals surface area contributed by atoms with E-state index in [4.69, 9.17) is 4.74 Å².